The van der Waals surface area contributed by atoms with Crippen molar-refractivity contribution in [2.24, 2.45) is 4.99 Å². The predicted octanol–water partition coefficient (Wildman–Crippen LogP) is 4.36. The molecule has 0 spiro atoms. The first-order valence-electron chi connectivity index (χ1n) is 7.22. The molecule has 0 fully saturated rings. The van der Waals surface area contributed by atoms with Crippen LogP contribution in [0.5, 0.6) is 11.5 Å². The Kier molecular flexibility index (Phi) is 4.97. The number of hydrogen-bond acceptors (Lipinski definition) is 5. The van der Waals surface area contributed by atoms with Crippen LogP contribution in [-0.4, -0.2) is 26.1 Å². The monoisotopic (exact) mass is 377 g/mol. The van der Waals surface area contributed by atoms with Crippen molar-refractivity contribution in [2.45, 2.75) is 0 Å². The summed E-state index contributed by atoms with van der Waals surface area (Å²) < 4.78 is 15.7. The van der Waals surface area contributed by atoms with Gasteiger partial charge in [-0.2, -0.15) is 0 Å². The highest BCUT2D eigenvalue weighted by Crippen LogP contribution is 2.29. The third-order valence-electron chi connectivity index (χ3n) is 3.52. The number of esters is 1. The van der Waals surface area contributed by atoms with Crippen molar-refractivity contribution in [3.05, 3.63) is 63.3 Å². The van der Waals surface area contributed by atoms with Gasteiger partial charge < -0.3 is 14.2 Å². The molecule has 1 aliphatic rings. The molecule has 2 aromatic rings. The maximum atomic E-state index is 12.1. The van der Waals surface area contributed by atoms with Crippen molar-refractivity contribution in [1.82, 2.24) is 0 Å². The Morgan fingerprint density at radius 3 is 2.52 bits per heavy atom. The van der Waals surface area contributed by atoms with Gasteiger partial charge in [0, 0.05) is 17.2 Å². The van der Waals surface area contributed by atoms with Gasteiger partial charge in [0.05, 0.1) is 24.3 Å². The summed E-state index contributed by atoms with van der Waals surface area (Å²) in [6, 6.07) is 10.1. The second-order valence-corrected chi connectivity index (χ2v) is 5.89. The molecular weight excluding hydrogens is 365 g/mol. The van der Waals surface area contributed by atoms with Crippen LogP contribution in [0, 0.1) is 0 Å². The number of halogens is 2. The zero-order valence-corrected chi connectivity index (χ0v) is 14.9. The number of hydrogen-bond donors (Lipinski definition) is 0. The van der Waals surface area contributed by atoms with Crippen molar-refractivity contribution < 1.29 is 19.0 Å². The van der Waals surface area contributed by atoms with E-state index in [-0.39, 0.29) is 11.6 Å². The number of aliphatic imine (C=N–C) groups is 1. The van der Waals surface area contributed by atoms with Crippen LogP contribution in [0.2, 0.25) is 10.0 Å². The van der Waals surface area contributed by atoms with Crippen molar-refractivity contribution >= 4 is 41.1 Å². The van der Waals surface area contributed by atoms with E-state index in [4.69, 9.17) is 37.4 Å². The standard InChI is InChI=1S/C18H13Cl2NO4/c1-23-12-5-3-10(16(9-12)24-2)8-15-18(22)25-17(21-15)11-4-6-13(19)14(20)7-11/h3-9H,1-2H3/b15-8+. The van der Waals surface area contributed by atoms with Gasteiger partial charge in [-0.05, 0) is 36.4 Å². The van der Waals surface area contributed by atoms with Crippen LogP contribution in [0.1, 0.15) is 11.1 Å². The highest BCUT2D eigenvalue weighted by Gasteiger charge is 2.25. The van der Waals surface area contributed by atoms with Crippen molar-refractivity contribution in [3.8, 4) is 11.5 Å². The molecule has 0 aliphatic carbocycles. The first-order valence-corrected chi connectivity index (χ1v) is 7.97. The van der Waals surface area contributed by atoms with E-state index in [2.05, 4.69) is 4.99 Å². The molecular formula is C18H13Cl2NO4. The second kappa shape index (κ2) is 7.17. The van der Waals surface area contributed by atoms with Gasteiger partial charge in [0.15, 0.2) is 5.70 Å². The van der Waals surface area contributed by atoms with Gasteiger partial charge in [0.1, 0.15) is 11.5 Å². The molecule has 128 valence electrons. The predicted molar refractivity (Wildman–Crippen MR) is 96.6 cm³/mol. The first kappa shape index (κ1) is 17.3. The molecule has 0 unspecified atom stereocenters. The number of rotatable bonds is 4. The molecule has 0 aromatic heterocycles. The van der Waals surface area contributed by atoms with Crippen LogP contribution >= 0.6 is 23.2 Å². The van der Waals surface area contributed by atoms with E-state index in [1.807, 2.05) is 0 Å². The average molecular weight is 378 g/mol. The molecule has 0 N–H and O–H groups in total. The molecule has 3 rings (SSSR count). The SMILES string of the molecule is COc1ccc(/C=C2/N=C(c3ccc(Cl)c(Cl)c3)OC2=O)c(OC)c1. The average Bonchev–Trinajstić information content (AvgIpc) is 2.98. The van der Waals surface area contributed by atoms with E-state index in [9.17, 15) is 4.79 Å². The van der Waals surface area contributed by atoms with Gasteiger partial charge in [-0.1, -0.05) is 23.2 Å². The number of benzene rings is 2. The quantitative estimate of drug-likeness (QED) is 0.586. The van der Waals surface area contributed by atoms with Crippen LogP contribution < -0.4 is 9.47 Å². The van der Waals surface area contributed by atoms with E-state index in [1.165, 1.54) is 7.11 Å². The smallest absolute Gasteiger partial charge is 0.363 e. The Balaban J connectivity index is 1.97. The Morgan fingerprint density at radius 2 is 1.84 bits per heavy atom. The summed E-state index contributed by atoms with van der Waals surface area (Å²) >= 11 is 11.9. The normalized spacial score (nSPS) is 15.1. The van der Waals surface area contributed by atoms with Crippen molar-refractivity contribution in [2.75, 3.05) is 14.2 Å². The molecule has 7 heteroatoms. The maximum absolute atomic E-state index is 12.1. The van der Waals surface area contributed by atoms with E-state index >= 15 is 0 Å². The van der Waals surface area contributed by atoms with E-state index in [0.717, 1.165) is 0 Å². The van der Waals surface area contributed by atoms with Crippen molar-refractivity contribution in [3.63, 3.8) is 0 Å². The van der Waals surface area contributed by atoms with Gasteiger partial charge in [-0.3, -0.25) is 0 Å². The molecule has 0 bridgehead atoms. The largest absolute Gasteiger partial charge is 0.497 e. The summed E-state index contributed by atoms with van der Waals surface area (Å²) in [7, 11) is 3.10. The Hall–Kier alpha value is -2.50. The summed E-state index contributed by atoms with van der Waals surface area (Å²) in [5.74, 6) is 0.812. The Morgan fingerprint density at radius 1 is 1.04 bits per heavy atom. The number of carbonyl (C=O) groups excluding carboxylic acids is 1. The Bertz CT molecular complexity index is 906. The minimum atomic E-state index is -0.557. The minimum Gasteiger partial charge on any atom is -0.497 e. The maximum Gasteiger partial charge on any atom is 0.363 e. The fourth-order valence-electron chi connectivity index (χ4n) is 2.25. The van der Waals surface area contributed by atoms with Crippen LogP contribution in [-0.2, 0) is 9.53 Å². The fourth-order valence-corrected chi connectivity index (χ4v) is 2.54. The van der Waals surface area contributed by atoms with Crippen molar-refractivity contribution in [1.29, 1.82) is 0 Å². The molecule has 25 heavy (non-hydrogen) atoms. The topological polar surface area (TPSA) is 57.1 Å². The lowest BCUT2D eigenvalue weighted by Crippen LogP contribution is -2.05. The van der Waals surface area contributed by atoms with Crippen LogP contribution in [0.25, 0.3) is 6.08 Å². The van der Waals surface area contributed by atoms with Crippen LogP contribution in [0.3, 0.4) is 0 Å². The molecule has 5 nitrogen and oxygen atoms in total. The van der Waals surface area contributed by atoms with Crippen LogP contribution in [0.4, 0.5) is 0 Å². The van der Waals surface area contributed by atoms with E-state index in [0.29, 0.717) is 32.7 Å². The molecule has 1 aliphatic heterocycles. The second-order valence-electron chi connectivity index (χ2n) is 5.07. The third kappa shape index (κ3) is 3.62. The fraction of sp³-hybridized carbons (Fsp3) is 0.111. The first-order chi connectivity index (χ1) is 12.0. The zero-order valence-electron chi connectivity index (χ0n) is 13.4. The van der Waals surface area contributed by atoms with E-state index in [1.54, 1.807) is 49.6 Å². The number of nitrogens with zero attached hydrogens (tertiary/aromatic N) is 1. The van der Waals surface area contributed by atoms with Gasteiger partial charge in [-0.15, -0.1) is 0 Å². The molecule has 0 saturated carbocycles. The lowest BCUT2D eigenvalue weighted by atomic mass is 10.1. The molecule has 0 radical (unpaired) electrons. The highest BCUT2D eigenvalue weighted by molar-refractivity contribution is 6.42. The van der Waals surface area contributed by atoms with Gasteiger partial charge >= 0.3 is 5.97 Å². The number of carbonyl (C=O) groups is 1. The lowest BCUT2D eigenvalue weighted by Gasteiger charge is -2.07. The van der Waals surface area contributed by atoms with Gasteiger partial charge in [0.25, 0.3) is 0 Å². The molecule has 2 aromatic carbocycles. The minimum absolute atomic E-state index is 0.157. The molecule has 1 heterocycles. The third-order valence-corrected chi connectivity index (χ3v) is 4.26. The van der Waals surface area contributed by atoms with Gasteiger partial charge in [-0.25, -0.2) is 9.79 Å². The lowest BCUT2D eigenvalue weighted by molar-refractivity contribution is -0.129. The Labute approximate surface area is 154 Å². The van der Waals surface area contributed by atoms with Gasteiger partial charge in [0.2, 0.25) is 5.90 Å². The number of methoxy groups -OCH3 is 2. The van der Waals surface area contributed by atoms with Crippen LogP contribution in [0.15, 0.2) is 47.1 Å². The molecule has 0 saturated heterocycles. The highest BCUT2D eigenvalue weighted by atomic mass is 35.5. The zero-order chi connectivity index (χ0) is 18.0. The number of cyclic esters (lactones) is 1. The summed E-state index contributed by atoms with van der Waals surface area (Å²) in [5.41, 5.74) is 1.40. The molecule has 0 amide bonds. The summed E-state index contributed by atoms with van der Waals surface area (Å²) in [6.45, 7) is 0. The summed E-state index contributed by atoms with van der Waals surface area (Å²) in [6.07, 6.45) is 1.59. The summed E-state index contributed by atoms with van der Waals surface area (Å²) in [4.78, 5) is 16.3. The van der Waals surface area contributed by atoms with E-state index < -0.39 is 5.97 Å². The summed E-state index contributed by atoms with van der Waals surface area (Å²) in [5, 5.41) is 0.765. The molecule has 0 atom stereocenters. The number of ether oxygens (including phenoxy) is 3.